The predicted octanol–water partition coefficient (Wildman–Crippen LogP) is 3.68. The van der Waals surface area contributed by atoms with Crippen LogP contribution in [-0.2, 0) is 6.42 Å². The van der Waals surface area contributed by atoms with Crippen molar-refractivity contribution in [3.63, 3.8) is 0 Å². The maximum absolute atomic E-state index is 12.2. The molecule has 4 rings (SSSR count). The number of carbonyl (C=O) groups is 1. The molecule has 3 aromatic heterocycles. The highest BCUT2D eigenvalue weighted by Gasteiger charge is 2.10. The number of benzene rings is 1. The lowest BCUT2D eigenvalue weighted by molar-refractivity contribution is 0.102. The lowest BCUT2D eigenvalue weighted by atomic mass is 10.1. The van der Waals surface area contributed by atoms with Crippen molar-refractivity contribution in [2.45, 2.75) is 6.42 Å². The molecule has 8 heteroatoms. The average Bonchev–Trinajstić information content (AvgIpc) is 3.11. The number of pyridine rings is 2. The van der Waals surface area contributed by atoms with Gasteiger partial charge in [0.2, 0.25) is 5.95 Å². The topological polar surface area (TPSA) is 84.2 Å². The Morgan fingerprint density at radius 2 is 1.82 bits per heavy atom. The molecule has 0 spiro atoms. The first-order valence-electron chi connectivity index (χ1n) is 8.73. The van der Waals surface area contributed by atoms with Gasteiger partial charge in [-0.15, -0.1) is 5.10 Å². The molecule has 4 aromatic rings. The number of rotatable bonds is 6. The Bertz CT molecular complexity index is 1090. The summed E-state index contributed by atoms with van der Waals surface area (Å²) in [6.07, 6.45) is 5.84. The normalized spacial score (nSPS) is 10.8. The molecule has 0 fully saturated rings. The van der Waals surface area contributed by atoms with Crippen molar-refractivity contribution in [3.8, 4) is 0 Å². The van der Waals surface area contributed by atoms with Crippen LogP contribution in [0.5, 0.6) is 0 Å². The fourth-order valence-electron chi connectivity index (χ4n) is 2.72. The first-order chi connectivity index (χ1) is 13.7. The largest absolute Gasteiger partial charge is 0.383 e. The van der Waals surface area contributed by atoms with Crippen LogP contribution in [0.4, 0.5) is 11.6 Å². The van der Waals surface area contributed by atoms with Gasteiger partial charge in [-0.2, -0.15) is 4.98 Å². The molecule has 1 amide bonds. The molecule has 0 aliphatic carbocycles. The molecule has 7 nitrogen and oxygen atoms in total. The summed E-state index contributed by atoms with van der Waals surface area (Å²) in [5.74, 6) is -0.0280. The first kappa shape index (κ1) is 17.9. The van der Waals surface area contributed by atoms with Gasteiger partial charge in [-0.3, -0.25) is 15.1 Å². The summed E-state index contributed by atoms with van der Waals surface area (Å²) in [7, 11) is 0. The second kappa shape index (κ2) is 8.06. The Hall–Kier alpha value is -3.45. The maximum atomic E-state index is 12.2. The van der Waals surface area contributed by atoms with Crippen molar-refractivity contribution in [1.29, 1.82) is 0 Å². The number of aromatic nitrogens is 4. The van der Waals surface area contributed by atoms with E-state index in [0.29, 0.717) is 11.2 Å². The fourth-order valence-corrected chi connectivity index (χ4v) is 2.85. The molecule has 2 N–H and O–H groups in total. The maximum Gasteiger partial charge on any atom is 0.258 e. The van der Waals surface area contributed by atoms with Gasteiger partial charge in [-0.05, 0) is 48.4 Å². The number of hydrogen-bond acceptors (Lipinski definition) is 5. The minimum atomic E-state index is -0.278. The van der Waals surface area contributed by atoms with E-state index in [0.717, 1.165) is 23.7 Å². The Morgan fingerprint density at radius 3 is 2.61 bits per heavy atom. The van der Waals surface area contributed by atoms with E-state index in [4.69, 9.17) is 11.6 Å². The molecule has 1 aromatic carbocycles. The van der Waals surface area contributed by atoms with Gasteiger partial charge in [0.15, 0.2) is 5.65 Å². The van der Waals surface area contributed by atoms with Crippen molar-refractivity contribution in [3.05, 3.63) is 83.3 Å². The Balaban J connectivity index is 1.40. The van der Waals surface area contributed by atoms with Gasteiger partial charge in [0.05, 0.1) is 11.9 Å². The van der Waals surface area contributed by atoms with Crippen molar-refractivity contribution in [2.24, 2.45) is 0 Å². The van der Waals surface area contributed by atoms with Crippen LogP contribution in [0.2, 0.25) is 5.02 Å². The van der Waals surface area contributed by atoms with E-state index in [-0.39, 0.29) is 11.9 Å². The van der Waals surface area contributed by atoms with Gasteiger partial charge in [0.1, 0.15) is 0 Å². The predicted molar refractivity (Wildman–Crippen MR) is 109 cm³/mol. The minimum Gasteiger partial charge on any atom is -0.383 e. The lowest BCUT2D eigenvalue weighted by Crippen LogP contribution is -2.13. The molecule has 0 unspecified atom stereocenters. The second-order valence-corrected chi connectivity index (χ2v) is 6.59. The van der Waals surface area contributed by atoms with Crippen molar-refractivity contribution in [1.82, 2.24) is 19.6 Å². The van der Waals surface area contributed by atoms with Gasteiger partial charge >= 0.3 is 0 Å². The summed E-state index contributed by atoms with van der Waals surface area (Å²) in [4.78, 5) is 20.4. The van der Waals surface area contributed by atoms with Gasteiger partial charge in [-0.25, -0.2) is 4.52 Å². The van der Waals surface area contributed by atoms with Crippen LogP contribution < -0.4 is 10.6 Å². The van der Waals surface area contributed by atoms with E-state index < -0.39 is 0 Å². The van der Waals surface area contributed by atoms with E-state index in [1.807, 2.05) is 42.6 Å². The number of carbonyl (C=O) groups excluding carboxylic acids is 1. The summed E-state index contributed by atoms with van der Waals surface area (Å²) in [5.41, 5.74) is 3.27. The molecule has 3 heterocycles. The summed E-state index contributed by atoms with van der Waals surface area (Å²) < 4.78 is 1.63. The third-order valence-electron chi connectivity index (χ3n) is 4.15. The van der Waals surface area contributed by atoms with Crippen LogP contribution >= 0.6 is 11.6 Å². The molecule has 0 bridgehead atoms. The summed E-state index contributed by atoms with van der Waals surface area (Å²) in [5, 5.41) is 11.1. The highest BCUT2D eigenvalue weighted by Crippen LogP contribution is 2.13. The van der Waals surface area contributed by atoms with Gasteiger partial charge in [0, 0.05) is 29.5 Å². The van der Waals surface area contributed by atoms with Gasteiger partial charge in [-0.1, -0.05) is 23.7 Å². The smallest absolute Gasteiger partial charge is 0.258 e. The van der Waals surface area contributed by atoms with Crippen molar-refractivity contribution < 1.29 is 4.79 Å². The number of halogens is 1. The quantitative estimate of drug-likeness (QED) is 0.523. The SMILES string of the molecule is O=C(Nc1nc2ccc(NCCc3ccc(Cl)cc3)cn2n1)c1ccncc1. The third kappa shape index (κ3) is 4.27. The third-order valence-corrected chi connectivity index (χ3v) is 4.41. The molecule has 0 aliphatic rings. The fraction of sp³-hybridized carbons (Fsp3) is 0.100. The second-order valence-electron chi connectivity index (χ2n) is 6.15. The van der Waals surface area contributed by atoms with E-state index in [9.17, 15) is 4.79 Å². The highest BCUT2D eigenvalue weighted by atomic mass is 35.5. The van der Waals surface area contributed by atoms with Crippen LogP contribution in [0.3, 0.4) is 0 Å². The zero-order chi connectivity index (χ0) is 19.3. The first-order valence-corrected chi connectivity index (χ1v) is 9.11. The molecular formula is C20H17ClN6O. The molecule has 0 saturated heterocycles. The summed E-state index contributed by atoms with van der Waals surface area (Å²) >= 11 is 5.91. The average molecular weight is 393 g/mol. The van der Waals surface area contributed by atoms with Crippen LogP contribution in [0, 0.1) is 0 Å². The number of anilines is 2. The Labute approximate surface area is 166 Å². The van der Waals surface area contributed by atoms with Gasteiger partial charge < -0.3 is 5.32 Å². The van der Waals surface area contributed by atoms with E-state index >= 15 is 0 Å². The van der Waals surface area contributed by atoms with Crippen LogP contribution in [0.25, 0.3) is 5.65 Å². The molecule has 0 radical (unpaired) electrons. The molecule has 0 atom stereocenters. The number of hydrogen-bond donors (Lipinski definition) is 2. The zero-order valence-corrected chi connectivity index (χ0v) is 15.6. The lowest BCUT2D eigenvalue weighted by Gasteiger charge is -2.06. The van der Waals surface area contributed by atoms with Crippen molar-refractivity contribution in [2.75, 3.05) is 17.2 Å². The van der Waals surface area contributed by atoms with Crippen LogP contribution in [0.15, 0.2) is 67.1 Å². The van der Waals surface area contributed by atoms with E-state index in [1.54, 1.807) is 29.0 Å². The molecule has 0 saturated carbocycles. The summed E-state index contributed by atoms with van der Waals surface area (Å²) in [6, 6.07) is 14.9. The van der Waals surface area contributed by atoms with E-state index in [1.165, 1.54) is 5.56 Å². The van der Waals surface area contributed by atoms with Crippen LogP contribution in [-0.4, -0.2) is 32.0 Å². The zero-order valence-electron chi connectivity index (χ0n) is 14.8. The highest BCUT2D eigenvalue weighted by molar-refractivity contribution is 6.30. The monoisotopic (exact) mass is 392 g/mol. The Kier molecular flexibility index (Phi) is 5.16. The van der Waals surface area contributed by atoms with Crippen LogP contribution in [0.1, 0.15) is 15.9 Å². The molecule has 0 aliphatic heterocycles. The Morgan fingerprint density at radius 1 is 1.04 bits per heavy atom. The van der Waals surface area contributed by atoms with Crippen molar-refractivity contribution >= 4 is 34.8 Å². The number of fused-ring (bicyclic) bond motifs is 1. The van der Waals surface area contributed by atoms with E-state index in [2.05, 4.69) is 25.7 Å². The molecule has 28 heavy (non-hydrogen) atoms. The van der Waals surface area contributed by atoms with Gasteiger partial charge in [0.25, 0.3) is 5.91 Å². The number of nitrogens with zero attached hydrogens (tertiary/aromatic N) is 4. The summed E-state index contributed by atoms with van der Waals surface area (Å²) in [6.45, 7) is 0.771. The standard InChI is InChI=1S/C20H17ClN6O/c21-16-3-1-14(2-4-16)7-12-23-17-5-6-18-24-20(26-27(18)13-17)25-19(28)15-8-10-22-11-9-15/h1-6,8-11,13,23H,7,12H2,(H,25,26,28). The molecular weight excluding hydrogens is 376 g/mol. The number of nitrogens with one attached hydrogen (secondary N) is 2. The minimum absolute atomic E-state index is 0.250. The number of amides is 1. The molecule has 140 valence electrons.